The Labute approximate surface area is 230 Å². The minimum absolute atomic E-state index is 0.152. The number of carbonyl (C=O) groups excluding carboxylic acids is 3. The van der Waals surface area contributed by atoms with Crippen molar-refractivity contribution in [3.05, 3.63) is 103 Å². The van der Waals surface area contributed by atoms with Crippen molar-refractivity contribution in [2.75, 3.05) is 13.2 Å². The van der Waals surface area contributed by atoms with Gasteiger partial charge in [-0.25, -0.2) is 14.4 Å². The fourth-order valence-corrected chi connectivity index (χ4v) is 3.44. The van der Waals surface area contributed by atoms with Gasteiger partial charge in [-0.3, -0.25) is 0 Å². The van der Waals surface area contributed by atoms with Crippen LogP contribution < -0.4 is 14.2 Å². The number of benzene rings is 3. The van der Waals surface area contributed by atoms with Crippen LogP contribution in [0.1, 0.15) is 36.0 Å². The van der Waals surface area contributed by atoms with Gasteiger partial charge in [0.1, 0.15) is 17.2 Å². The zero-order chi connectivity index (χ0) is 28.9. The first-order valence-corrected chi connectivity index (χ1v) is 12.5. The van der Waals surface area contributed by atoms with E-state index >= 15 is 0 Å². The Kier molecular flexibility index (Phi) is 11.1. The Hall–Kier alpha value is -4.79. The lowest BCUT2D eigenvalue weighted by Crippen LogP contribution is -2.08. The molecule has 0 amide bonds. The minimum atomic E-state index is -1.18. The van der Waals surface area contributed by atoms with Crippen molar-refractivity contribution in [3.63, 3.8) is 0 Å². The van der Waals surface area contributed by atoms with Gasteiger partial charge in [0, 0.05) is 0 Å². The van der Waals surface area contributed by atoms with Crippen LogP contribution in [0.3, 0.4) is 0 Å². The molecule has 0 N–H and O–H groups in total. The lowest BCUT2D eigenvalue weighted by Gasteiger charge is -2.09. The maximum atomic E-state index is 12.8. The zero-order valence-electron chi connectivity index (χ0n) is 21.7. The molecular weight excluding hydrogens is 522 g/mol. The van der Waals surface area contributed by atoms with E-state index in [0.717, 1.165) is 30.4 Å². The molecule has 3 aromatic rings. The van der Waals surface area contributed by atoms with Gasteiger partial charge in [-0.1, -0.05) is 37.4 Å². The van der Waals surface area contributed by atoms with E-state index in [1.807, 2.05) is 0 Å². The number of ether oxygens (including phenoxy) is 4. The number of halogens is 2. The van der Waals surface area contributed by atoms with E-state index in [1.54, 1.807) is 60.7 Å². The number of esters is 3. The van der Waals surface area contributed by atoms with Crippen LogP contribution >= 0.6 is 0 Å². The summed E-state index contributed by atoms with van der Waals surface area (Å²) in [5, 5.41) is 0. The van der Waals surface area contributed by atoms with Crippen LogP contribution in [0.2, 0.25) is 0 Å². The van der Waals surface area contributed by atoms with Crippen molar-refractivity contribution in [3.8, 4) is 28.4 Å². The lowest BCUT2D eigenvalue weighted by molar-refractivity contribution is -0.140. The predicted octanol–water partition coefficient (Wildman–Crippen LogP) is 6.93. The highest BCUT2D eigenvalue weighted by Gasteiger charge is 2.11. The lowest BCUT2D eigenvalue weighted by atomic mass is 10.1. The second-order valence-corrected chi connectivity index (χ2v) is 8.56. The van der Waals surface area contributed by atoms with Gasteiger partial charge in [-0.2, -0.15) is 8.78 Å². The third-order valence-corrected chi connectivity index (χ3v) is 5.54. The van der Waals surface area contributed by atoms with Crippen molar-refractivity contribution in [2.24, 2.45) is 0 Å². The van der Waals surface area contributed by atoms with Crippen LogP contribution in [0.5, 0.6) is 17.2 Å². The molecule has 0 aromatic heterocycles. The molecule has 0 atom stereocenters. The first kappa shape index (κ1) is 29.8. The van der Waals surface area contributed by atoms with E-state index in [9.17, 15) is 23.2 Å². The smallest absolute Gasteiger partial charge is 0.371 e. The minimum Gasteiger partial charge on any atom is -0.494 e. The molecular formula is C31H28F2O7. The molecule has 0 radical (unpaired) electrons. The number of carbonyl (C=O) groups is 3. The molecule has 7 nitrogen and oxygen atoms in total. The molecule has 9 heteroatoms. The zero-order valence-corrected chi connectivity index (χ0v) is 21.7. The van der Waals surface area contributed by atoms with Crippen molar-refractivity contribution in [1.82, 2.24) is 0 Å². The highest BCUT2D eigenvalue weighted by Crippen LogP contribution is 2.25. The van der Waals surface area contributed by atoms with Gasteiger partial charge < -0.3 is 18.9 Å². The SMILES string of the molecule is C=C(F)C(=O)OCCCCCCOc1ccc(C(=O)Oc2ccc(-c3ccc(OC(=O)C(=C)F)cc3)cc2)cc1. The first-order valence-electron chi connectivity index (χ1n) is 12.5. The third-order valence-electron chi connectivity index (χ3n) is 5.54. The second-order valence-electron chi connectivity index (χ2n) is 8.56. The Bertz CT molecular complexity index is 1330. The van der Waals surface area contributed by atoms with Crippen LogP contribution in [-0.2, 0) is 14.3 Å². The van der Waals surface area contributed by atoms with Crippen molar-refractivity contribution >= 4 is 17.9 Å². The van der Waals surface area contributed by atoms with Crippen LogP contribution in [0.25, 0.3) is 11.1 Å². The van der Waals surface area contributed by atoms with Gasteiger partial charge in [0.25, 0.3) is 0 Å². The van der Waals surface area contributed by atoms with Crippen LogP contribution in [-0.4, -0.2) is 31.1 Å². The standard InChI is InChI=1S/C31H28F2O7/c1-21(32)29(34)38-20-6-4-3-5-19-37-26-13-11-25(12-14-26)31(36)40-28-17-9-24(10-18-28)23-7-15-27(16-8-23)39-30(35)22(2)33/h7-18H,1-6,19-20H2. The summed E-state index contributed by atoms with van der Waals surface area (Å²) in [5.74, 6) is -3.78. The Morgan fingerprint density at radius 2 is 1.05 bits per heavy atom. The summed E-state index contributed by atoms with van der Waals surface area (Å²) in [4.78, 5) is 34.7. The molecule has 0 heterocycles. The molecule has 0 saturated heterocycles. The van der Waals surface area contributed by atoms with Crippen molar-refractivity contribution < 1.29 is 42.1 Å². The summed E-state index contributed by atoms with van der Waals surface area (Å²) >= 11 is 0. The van der Waals surface area contributed by atoms with E-state index in [0.29, 0.717) is 30.1 Å². The molecule has 40 heavy (non-hydrogen) atoms. The number of rotatable bonds is 14. The summed E-state index contributed by atoms with van der Waals surface area (Å²) in [5.41, 5.74) is 2.02. The highest BCUT2D eigenvalue weighted by atomic mass is 19.1. The fourth-order valence-electron chi connectivity index (χ4n) is 3.44. The molecule has 0 bridgehead atoms. The normalized spacial score (nSPS) is 10.3. The molecule has 0 unspecified atom stereocenters. The maximum absolute atomic E-state index is 12.8. The summed E-state index contributed by atoms with van der Waals surface area (Å²) in [7, 11) is 0. The molecule has 0 aliphatic rings. The van der Waals surface area contributed by atoms with E-state index < -0.39 is 29.6 Å². The van der Waals surface area contributed by atoms with Gasteiger partial charge in [-0.15, -0.1) is 0 Å². The van der Waals surface area contributed by atoms with Crippen LogP contribution in [0, 0.1) is 0 Å². The summed E-state index contributed by atoms with van der Waals surface area (Å²) in [6.45, 7) is 6.41. The second kappa shape index (κ2) is 15.0. The maximum Gasteiger partial charge on any atom is 0.371 e. The molecule has 0 aliphatic heterocycles. The Morgan fingerprint density at radius 3 is 1.57 bits per heavy atom. The van der Waals surface area contributed by atoms with Crippen molar-refractivity contribution in [2.45, 2.75) is 25.7 Å². The summed E-state index contributed by atoms with van der Waals surface area (Å²) in [6, 6.07) is 20.0. The molecule has 3 rings (SSSR count). The monoisotopic (exact) mass is 550 g/mol. The average Bonchev–Trinajstić information content (AvgIpc) is 2.95. The topological polar surface area (TPSA) is 88.1 Å². The van der Waals surface area contributed by atoms with Gasteiger partial charge in [0.15, 0.2) is 0 Å². The van der Waals surface area contributed by atoms with E-state index in [1.165, 1.54) is 12.1 Å². The Morgan fingerprint density at radius 1 is 0.575 bits per heavy atom. The quantitative estimate of drug-likeness (QED) is 0.0931. The largest absolute Gasteiger partial charge is 0.494 e. The average molecular weight is 551 g/mol. The molecule has 0 saturated carbocycles. The molecule has 0 spiro atoms. The van der Waals surface area contributed by atoms with Gasteiger partial charge in [0.2, 0.25) is 11.7 Å². The highest BCUT2D eigenvalue weighted by molar-refractivity contribution is 5.91. The van der Waals surface area contributed by atoms with E-state index in [4.69, 9.17) is 14.2 Å². The van der Waals surface area contributed by atoms with Crippen LogP contribution in [0.4, 0.5) is 8.78 Å². The van der Waals surface area contributed by atoms with Gasteiger partial charge in [-0.05, 0) is 85.3 Å². The summed E-state index contributed by atoms with van der Waals surface area (Å²) < 4.78 is 45.9. The molecule has 0 aliphatic carbocycles. The first-order chi connectivity index (χ1) is 19.2. The Balaban J connectivity index is 1.40. The predicted molar refractivity (Wildman–Crippen MR) is 144 cm³/mol. The van der Waals surface area contributed by atoms with E-state index in [2.05, 4.69) is 17.9 Å². The third kappa shape index (κ3) is 9.50. The molecule has 3 aromatic carbocycles. The number of hydrogen-bond donors (Lipinski definition) is 0. The van der Waals surface area contributed by atoms with Crippen molar-refractivity contribution in [1.29, 1.82) is 0 Å². The molecule has 0 fully saturated rings. The number of hydrogen-bond acceptors (Lipinski definition) is 7. The number of unbranched alkanes of at least 4 members (excludes halogenated alkanes) is 3. The summed E-state index contributed by atoms with van der Waals surface area (Å²) in [6.07, 6.45) is 3.08. The molecule has 208 valence electrons. The fraction of sp³-hybridized carbons (Fsp3) is 0.194. The van der Waals surface area contributed by atoms with Crippen LogP contribution in [0.15, 0.2) is 97.6 Å². The van der Waals surface area contributed by atoms with Gasteiger partial charge in [0.05, 0.1) is 18.8 Å². The van der Waals surface area contributed by atoms with Gasteiger partial charge >= 0.3 is 17.9 Å². The van der Waals surface area contributed by atoms with E-state index in [-0.39, 0.29) is 12.4 Å².